The lowest BCUT2D eigenvalue weighted by Gasteiger charge is -2.33. The number of hydrogen-bond acceptors (Lipinski definition) is 2. The fourth-order valence-electron chi connectivity index (χ4n) is 2.74. The molecule has 2 atom stereocenters. The number of halogens is 1. The van der Waals surface area contributed by atoms with Crippen molar-refractivity contribution in [1.29, 1.82) is 0 Å². The first-order valence-corrected chi connectivity index (χ1v) is 7.35. The molecule has 2 nitrogen and oxygen atoms in total. The molecule has 0 spiro atoms. The third-order valence-corrected chi connectivity index (χ3v) is 4.12. The van der Waals surface area contributed by atoms with E-state index in [0.29, 0.717) is 12.1 Å². The van der Waals surface area contributed by atoms with Crippen LogP contribution >= 0.6 is 11.6 Å². The van der Waals surface area contributed by atoms with E-state index in [1.165, 1.54) is 18.4 Å². The normalized spacial score (nSPS) is 26.6. The maximum Gasteiger partial charge on any atom is 0.124 e. The van der Waals surface area contributed by atoms with Gasteiger partial charge in [0.15, 0.2) is 0 Å². The van der Waals surface area contributed by atoms with Gasteiger partial charge in [-0.3, -0.25) is 0 Å². The SMILES string of the molecule is CCCNC1CC(C2CC2)Oc2ccc(Cl)cc21. The molecule has 1 aliphatic heterocycles. The topological polar surface area (TPSA) is 21.3 Å². The second kappa shape index (κ2) is 5.10. The molecule has 0 aromatic heterocycles. The second-order valence-electron chi connectivity index (χ2n) is 5.42. The highest BCUT2D eigenvalue weighted by molar-refractivity contribution is 6.30. The van der Waals surface area contributed by atoms with Gasteiger partial charge in [-0.15, -0.1) is 0 Å². The van der Waals surface area contributed by atoms with Crippen LogP contribution in [0.3, 0.4) is 0 Å². The average molecular weight is 266 g/mol. The molecule has 1 heterocycles. The van der Waals surface area contributed by atoms with E-state index in [-0.39, 0.29) is 0 Å². The van der Waals surface area contributed by atoms with Crippen LogP contribution in [-0.4, -0.2) is 12.6 Å². The first-order valence-electron chi connectivity index (χ1n) is 6.97. The summed E-state index contributed by atoms with van der Waals surface area (Å²) in [6, 6.07) is 6.39. The quantitative estimate of drug-likeness (QED) is 0.890. The molecular formula is C15H20ClNO. The zero-order valence-electron chi connectivity index (χ0n) is 10.8. The Bertz CT molecular complexity index is 431. The minimum atomic E-state index is 0.396. The van der Waals surface area contributed by atoms with Crippen molar-refractivity contribution in [3.63, 3.8) is 0 Å². The van der Waals surface area contributed by atoms with Gasteiger partial charge in [0.25, 0.3) is 0 Å². The molecule has 1 aromatic rings. The van der Waals surface area contributed by atoms with Gasteiger partial charge in [-0.25, -0.2) is 0 Å². The molecule has 0 saturated heterocycles. The molecule has 2 unspecified atom stereocenters. The maximum atomic E-state index is 6.12. The van der Waals surface area contributed by atoms with Gasteiger partial charge in [0, 0.05) is 23.0 Å². The summed E-state index contributed by atoms with van der Waals surface area (Å²) >= 11 is 6.10. The summed E-state index contributed by atoms with van der Waals surface area (Å²) in [5.74, 6) is 1.80. The lowest BCUT2D eigenvalue weighted by molar-refractivity contribution is 0.129. The zero-order chi connectivity index (χ0) is 12.5. The van der Waals surface area contributed by atoms with Crippen molar-refractivity contribution in [2.75, 3.05) is 6.54 Å². The summed E-state index contributed by atoms with van der Waals surface area (Å²) in [6.45, 7) is 3.25. The number of hydrogen-bond donors (Lipinski definition) is 1. The summed E-state index contributed by atoms with van der Waals surface area (Å²) in [4.78, 5) is 0. The molecule has 3 rings (SSSR count). The molecule has 0 bridgehead atoms. The minimum Gasteiger partial charge on any atom is -0.490 e. The van der Waals surface area contributed by atoms with E-state index in [2.05, 4.69) is 12.2 Å². The van der Waals surface area contributed by atoms with Gasteiger partial charge >= 0.3 is 0 Å². The van der Waals surface area contributed by atoms with Crippen LogP contribution in [0, 0.1) is 5.92 Å². The Labute approximate surface area is 114 Å². The highest BCUT2D eigenvalue weighted by Crippen LogP contribution is 2.44. The van der Waals surface area contributed by atoms with Gasteiger partial charge in [0.1, 0.15) is 11.9 Å². The van der Waals surface area contributed by atoms with Crippen LogP contribution in [-0.2, 0) is 0 Å². The lowest BCUT2D eigenvalue weighted by atomic mass is 9.94. The highest BCUT2D eigenvalue weighted by atomic mass is 35.5. The van der Waals surface area contributed by atoms with Crippen molar-refractivity contribution >= 4 is 11.6 Å². The van der Waals surface area contributed by atoms with Crippen LogP contribution in [0.5, 0.6) is 5.75 Å². The Morgan fingerprint density at radius 1 is 1.39 bits per heavy atom. The van der Waals surface area contributed by atoms with Crippen molar-refractivity contribution in [2.24, 2.45) is 5.92 Å². The van der Waals surface area contributed by atoms with Crippen LogP contribution in [0.4, 0.5) is 0 Å². The van der Waals surface area contributed by atoms with Crippen molar-refractivity contribution in [3.05, 3.63) is 28.8 Å². The van der Waals surface area contributed by atoms with Crippen LogP contribution in [0.2, 0.25) is 5.02 Å². The van der Waals surface area contributed by atoms with Crippen molar-refractivity contribution in [3.8, 4) is 5.75 Å². The van der Waals surface area contributed by atoms with Gasteiger partial charge in [-0.05, 0) is 49.9 Å². The Morgan fingerprint density at radius 2 is 2.22 bits per heavy atom. The predicted octanol–water partition coefficient (Wildman–Crippen LogP) is 3.94. The summed E-state index contributed by atoms with van der Waals surface area (Å²) in [5, 5.41) is 4.43. The number of benzene rings is 1. The van der Waals surface area contributed by atoms with E-state index >= 15 is 0 Å². The van der Waals surface area contributed by atoms with Crippen molar-refractivity contribution < 1.29 is 4.74 Å². The average Bonchev–Trinajstić information content (AvgIpc) is 3.20. The smallest absolute Gasteiger partial charge is 0.124 e. The van der Waals surface area contributed by atoms with E-state index in [1.54, 1.807) is 0 Å². The number of nitrogens with one attached hydrogen (secondary N) is 1. The van der Waals surface area contributed by atoms with Crippen molar-refractivity contribution in [2.45, 2.75) is 44.8 Å². The largest absolute Gasteiger partial charge is 0.490 e. The Balaban J connectivity index is 1.84. The third-order valence-electron chi connectivity index (χ3n) is 3.88. The van der Waals surface area contributed by atoms with Crippen LogP contribution in [0.1, 0.15) is 44.2 Å². The van der Waals surface area contributed by atoms with Gasteiger partial charge in [0.2, 0.25) is 0 Å². The molecule has 1 fully saturated rings. The van der Waals surface area contributed by atoms with E-state index in [1.807, 2.05) is 18.2 Å². The maximum absolute atomic E-state index is 6.12. The molecule has 0 amide bonds. The predicted molar refractivity (Wildman–Crippen MR) is 74.2 cm³/mol. The minimum absolute atomic E-state index is 0.396. The van der Waals surface area contributed by atoms with Gasteiger partial charge in [-0.2, -0.15) is 0 Å². The molecule has 98 valence electrons. The monoisotopic (exact) mass is 265 g/mol. The van der Waals surface area contributed by atoms with E-state index in [9.17, 15) is 0 Å². The Morgan fingerprint density at radius 3 is 2.94 bits per heavy atom. The molecule has 2 aliphatic rings. The van der Waals surface area contributed by atoms with Crippen molar-refractivity contribution in [1.82, 2.24) is 5.32 Å². The molecule has 1 aromatic carbocycles. The fourth-order valence-corrected chi connectivity index (χ4v) is 2.92. The molecule has 18 heavy (non-hydrogen) atoms. The molecule has 1 aliphatic carbocycles. The van der Waals surface area contributed by atoms with Crippen LogP contribution in [0.25, 0.3) is 0 Å². The molecule has 3 heteroatoms. The van der Waals surface area contributed by atoms with Gasteiger partial charge in [0.05, 0.1) is 0 Å². The number of ether oxygens (including phenoxy) is 1. The van der Waals surface area contributed by atoms with Gasteiger partial charge in [-0.1, -0.05) is 18.5 Å². The molecule has 1 saturated carbocycles. The fraction of sp³-hybridized carbons (Fsp3) is 0.600. The number of fused-ring (bicyclic) bond motifs is 1. The first kappa shape index (κ1) is 12.3. The molecular weight excluding hydrogens is 246 g/mol. The van der Waals surface area contributed by atoms with Crippen LogP contribution < -0.4 is 10.1 Å². The second-order valence-corrected chi connectivity index (χ2v) is 5.85. The van der Waals surface area contributed by atoms with Crippen LogP contribution in [0.15, 0.2) is 18.2 Å². The summed E-state index contributed by atoms with van der Waals surface area (Å²) in [7, 11) is 0. The Kier molecular flexibility index (Phi) is 3.49. The molecule has 0 radical (unpaired) electrons. The lowest BCUT2D eigenvalue weighted by Crippen LogP contribution is -2.34. The van der Waals surface area contributed by atoms with E-state index in [0.717, 1.165) is 36.1 Å². The van der Waals surface area contributed by atoms with Gasteiger partial charge < -0.3 is 10.1 Å². The third kappa shape index (κ3) is 2.50. The first-order chi connectivity index (χ1) is 8.78. The number of rotatable bonds is 4. The summed E-state index contributed by atoms with van der Waals surface area (Å²) < 4.78 is 6.12. The van der Waals surface area contributed by atoms with E-state index < -0.39 is 0 Å². The Hall–Kier alpha value is -0.730. The zero-order valence-corrected chi connectivity index (χ0v) is 11.5. The summed E-state index contributed by atoms with van der Waals surface area (Å²) in [5.41, 5.74) is 1.23. The van der Waals surface area contributed by atoms with E-state index in [4.69, 9.17) is 16.3 Å². The molecule has 1 N–H and O–H groups in total. The standard InChI is InChI=1S/C15H20ClNO/c1-2-7-17-13-9-15(10-3-4-10)18-14-6-5-11(16)8-12(13)14/h5-6,8,10,13,15,17H,2-4,7,9H2,1H3. The highest BCUT2D eigenvalue weighted by Gasteiger charge is 2.38. The summed E-state index contributed by atoms with van der Waals surface area (Å²) in [6.07, 6.45) is 5.29.